The highest BCUT2D eigenvalue weighted by Crippen LogP contribution is 2.36. The Hall–Kier alpha value is -3.99. The summed E-state index contributed by atoms with van der Waals surface area (Å²) in [6.45, 7) is 0.871. The first kappa shape index (κ1) is 19.0. The van der Waals surface area contributed by atoms with Gasteiger partial charge in [0.05, 0.1) is 17.7 Å². The second-order valence-electron chi connectivity index (χ2n) is 7.64. The van der Waals surface area contributed by atoms with E-state index in [2.05, 4.69) is 31.3 Å². The number of piperidine rings is 1. The molecular formula is C23H21N7O. The quantitative estimate of drug-likeness (QED) is 0.498. The van der Waals surface area contributed by atoms with Crippen LogP contribution in [0, 0.1) is 11.3 Å². The van der Waals surface area contributed by atoms with Gasteiger partial charge in [-0.25, -0.2) is 0 Å². The van der Waals surface area contributed by atoms with Gasteiger partial charge in [0.15, 0.2) is 11.6 Å². The molecule has 0 saturated carbocycles. The van der Waals surface area contributed by atoms with Gasteiger partial charge in [-0.1, -0.05) is 17.3 Å². The van der Waals surface area contributed by atoms with Crippen molar-refractivity contribution in [3.63, 3.8) is 0 Å². The van der Waals surface area contributed by atoms with Crippen LogP contribution in [0.4, 0.5) is 5.95 Å². The van der Waals surface area contributed by atoms with Crippen molar-refractivity contribution in [3.05, 3.63) is 66.1 Å². The number of aromatic nitrogens is 5. The first-order chi connectivity index (χ1) is 15.2. The highest BCUT2D eigenvalue weighted by molar-refractivity contribution is 5.60. The molecule has 0 amide bonds. The number of benzene rings is 1. The molecule has 0 aliphatic carbocycles. The molecule has 1 unspecified atom stereocenters. The molecule has 1 aliphatic heterocycles. The van der Waals surface area contributed by atoms with Gasteiger partial charge in [-0.2, -0.15) is 5.26 Å². The van der Waals surface area contributed by atoms with Crippen molar-refractivity contribution in [2.45, 2.75) is 25.3 Å². The molecule has 0 radical (unpaired) electrons. The summed E-state index contributed by atoms with van der Waals surface area (Å²) in [4.78, 5) is 6.45. The van der Waals surface area contributed by atoms with Gasteiger partial charge in [0.2, 0.25) is 5.95 Å². The Labute approximate surface area is 179 Å². The number of pyridine rings is 1. The molecule has 5 rings (SSSR count). The zero-order valence-electron chi connectivity index (χ0n) is 17.1. The maximum atomic E-state index is 9.17. The second kappa shape index (κ2) is 8.03. The molecule has 1 saturated heterocycles. The van der Waals surface area contributed by atoms with E-state index in [0.717, 1.165) is 54.4 Å². The Bertz CT molecular complexity index is 1240. The summed E-state index contributed by atoms with van der Waals surface area (Å²) in [5, 5.41) is 22.5. The molecule has 31 heavy (non-hydrogen) atoms. The summed E-state index contributed by atoms with van der Waals surface area (Å²) in [6, 6.07) is 15.4. The minimum absolute atomic E-state index is 0.0510. The number of nitrogens with zero attached hydrogens (tertiary/aromatic N) is 7. The summed E-state index contributed by atoms with van der Waals surface area (Å²) in [7, 11) is 1.98. The number of anilines is 1. The molecule has 1 aliphatic rings. The Morgan fingerprint density at radius 3 is 2.84 bits per heavy atom. The van der Waals surface area contributed by atoms with Crippen molar-refractivity contribution < 1.29 is 4.52 Å². The number of rotatable bonds is 4. The molecule has 154 valence electrons. The zero-order chi connectivity index (χ0) is 21.2. The van der Waals surface area contributed by atoms with Crippen LogP contribution in [-0.4, -0.2) is 31.4 Å². The van der Waals surface area contributed by atoms with E-state index in [4.69, 9.17) is 9.78 Å². The highest BCUT2D eigenvalue weighted by Gasteiger charge is 2.30. The molecule has 0 N–H and O–H groups in total. The van der Waals surface area contributed by atoms with E-state index in [-0.39, 0.29) is 6.04 Å². The number of hydrogen-bond donors (Lipinski definition) is 0. The van der Waals surface area contributed by atoms with Gasteiger partial charge in [-0.05, 0) is 43.5 Å². The molecule has 8 nitrogen and oxygen atoms in total. The highest BCUT2D eigenvalue weighted by atomic mass is 16.5. The van der Waals surface area contributed by atoms with Gasteiger partial charge in [-0.15, -0.1) is 10.2 Å². The van der Waals surface area contributed by atoms with Crippen LogP contribution in [0.5, 0.6) is 0 Å². The third-order valence-corrected chi connectivity index (χ3v) is 5.68. The summed E-state index contributed by atoms with van der Waals surface area (Å²) in [5.74, 6) is 2.24. The van der Waals surface area contributed by atoms with Crippen LogP contribution in [0.2, 0.25) is 0 Å². The van der Waals surface area contributed by atoms with Crippen LogP contribution in [0.25, 0.3) is 22.7 Å². The molecule has 4 heterocycles. The lowest BCUT2D eigenvalue weighted by molar-refractivity contribution is 0.392. The molecule has 1 fully saturated rings. The lowest BCUT2D eigenvalue weighted by Crippen LogP contribution is -2.35. The fourth-order valence-electron chi connectivity index (χ4n) is 4.12. The van der Waals surface area contributed by atoms with Crippen molar-refractivity contribution in [1.29, 1.82) is 5.26 Å². The number of hydrogen-bond acceptors (Lipinski definition) is 7. The fourth-order valence-corrected chi connectivity index (χ4v) is 4.12. The van der Waals surface area contributed by atoms with E-state index >= 15 is 0 Å². The lowest BCUT2D eigenvalue weighted by Gasteiger charge is -2.34. The van der Waals surface area contributed by atoms with Gasteiger partial charge >= 0.3 is 0 Å². The number of nitriles is 1. The normalized spacial score (nSPS) is 16.3. The largest absolute Gasteiger partial charge is 0.356 e. The topological polar surface area (TPSA) is 96.7 Å². The van der Waals surface area contributed by atoms with E-state index in [1.807, 2.05) is 48.0 Å². The van der Waals surface area contributed by atoms with Crippen molar-refractivity contribution in [1.82, 2.24) is 24.9 Å². The Kier molecular flexibility index (Phi) is 4.92. The first-order valence-corrected chi connectivity index (χ1v) is 10.3. The van der Waals surface area contributed by atoms with Crippen molar-refractivity contribution in [3.8, 4) is 28.8 Å². The van der Waals surface area contributed by atoms with Crippen LogP contribution in [0.1, 0.15) is 36.6 Å². The van der Waals surface area contributed by atoms with Crippen LogP contribution >= 0.6 is 0 Å². The van der Waals surface area contributed by atoms with Gasteiger partial charge in [0.25, 0.3) is 0 Å². The summed E-state index contributed by atoms with van der Waals surface area (Å²) >= 11 is 0. The van der Waals surface area contributed by atoms with Gasteiger partial charge in [0.1, 0.15) is 5.69 Å². The van der Waals surface area contributed by atoms with E-state index in [1.165, 1.54) is 0 Å². The van der Waals surface area contributed by atoms with E-state index in [0.29, 0.717) is 11.3 Å². The van der Waals surface area contributed by atoms with Crippen LogP contribution in [0.15, 0.2) is 59.4 Å². The van der Waals surface area contributed by atoms with Crippen LogP contribution < -0.4 is 4.90 Å². The van der Waals surface area contributed by atoms with Crippen LogP contribution in [-0.2, 0) is 7.05 Å². The molecule has 1 atom stereocenters. The summed E-state index contributed by atoms with van der Waals surface area (Å²) in [6.07, 6.45) is 6.69. The summed E-state index contributed by atoms with van der Waals surface area (Å²) < 4.78 is 7.66. The Morgan fingerprint density at radius 2 is 2.00 bits per heavy atom. The molecule has 1 aromatic carbocycles. The average Bonchev–Trinajstić information content (AvgIpc) is 3.47. The maximum Gasteiger partial charge on any atom is 0.227 e. The predicted octanol–water partition coefficient (Wildman–Crippen LogP) is 4.14. The molecular weight excluding hydrogens is 390 g/mol. The third kappa shape index (κ3) is 3.55. The third-order valence-electron chi connectivity index (χ3n) is 5.68. The first-order valence-electron chi connectivity index (χ1n) is 10.3. The zero-order valence-corrected chi connectivity index (χ0v) is 17.1. The van der Waals surface area contributed by atoms with Crippen molar-refractivity contribution in [2.24, 2.45) is 7.05 Å². The minimum atomic E-state index is 0.0510. The predicted molar refractivity (Wildman–Crippen MR) is 115 cm³/mol. The molecule has 8 heteroatoms. The Balaban J connectivity index is 1.47. The smallest absolute Gasteiger partial charge is 0.227 e. The van der Waals surface area contributed by atoms with E-state index in [1.54, 1.807) is 18.5 Å². The summed E-state index contributed by atoms with van der Waals surface area (Å²) in [5.41, 5.74) is 3.23. The van der Waals surface area contributed by atoms with E-state index < -0.39 is 0 Å². The second-order valence-corrected chi connectivity index (χ2v) is 7.64. The SMILES string of the molecule is Cn1c(-c2cccnc2)nnc1N1CCCCC1c1cc(-c2cccc(C#N)c2)on1. The monoisotopic (exact) mass is 411 g/mol. The van der Waals surface area contributed by atoms with Crippen LogP contribution in [0.3, 0.4) is 0 Å². The minimum Gasteiger partial charge on any atom is -0.356 e. The lowest BCUT2D eigenvalue weighted by atomic mass is 9.99. The maximum absolute atomic E-state index is 9.17. The fraction of sp³-hybridized carbons (Fsp3) is 0.261. The Morgan fingerprint density at radius 1 is 1.10 bits per heavy atom. The van der Waals surface area contributed by atoms with Crippen molar-refractivity contribution in [2.75, 3.05) is 11.4 Å². The van der Waals surface area contributed by atoms with E-state index in [9.17, 15) is 0 Å². The van der Waals surface area contributed by atoms with Gasteiger partial charge < -0.3 is 9.42 Å². The standard InChI is InChI=1S/C23H21N7O/c1-29-22(18-8-5-10-25-15-18)26-27-23(29)30-11-3-2-9-20(30)19-13-21(31-28-19)17-7-4-6-16(12-17)14-24/h4-8,10,12-13,15,20H,2-3,9,11H2,1H3. The van der Waals surface area contributed by atoms with Crippen molar-refractivity contribution >= 4 is 5.95 Å². The molecule has 3 aromatic heterocycles. The molecule has 0 spiro atoms. The average molecular weight is 411 g/mol. The van der Waals surface area contributed by atoms with Gasteiger partial charge in [0, 0.05) is 43.2 Å². The van der Waals surface area contributed by atoms with Gasteiger partial charge in [-0.3, -0.25) is 9.55 Å². The molecule has 0 bridgehead atoms. The molecule has 4 aromatic rings.